The van der Waals surface area contributed by atoms with Crippen LogP contribution in [0.3, 0.4) is 0 Å². The summed E-state index contributed by atoms with van der Waals surface area (Å²) in [6, 6.07) is 0. The minimum atomic E-state index is -0.133. The van der Waals surface area contributed by atoms with Crippen LogP contribution in [0.2, 0.25) is 0 Å². The fraction of sp³-hybridized carbons (Fsp3) is 0.773. The number of aliphatic hydroxyl groups excluding tert-OH is 1. The van der Waals surface area contributed by atoms with Crippen LogP contribution in [0.25, 0.3) is 0 Å². The van der Waals surface area contributed by atoms with Crippen LogP contribution in [0, 0.1) is 28.6 Å². The van der Waals surface area contributed by atoms with Gasteiger partial charge in [0.05, 0.1) is 6.10 Å². The molecular weight excluding hydrogens is 296 g/mol. The maximum atomic E-state index is 12.2. The zero-order chi connectivity index (χ0) is 17.3. The topological polar surface area (TPSA) is 37.3 Å². The molecule has 0 spiro atoms. The third-order valence-electron chi connectivity index (χ3n) is 8.40. The van der Waals surface area contributed by atoms with Crippen LogP contribution in [-0.2, 0) is 4.79 Å². The van der Waals surface area contributed by atoms with Gasteiger partial charge in [-0.25, -0.2) is 0 Å². The summed E-state index contributed by atoms with van der Waals surface area (Å²) in [7, 11) is 0. The lowest BCUT2D eigenvalue weighted by Crippen LogP contribution is -2.51. The van der Waals surface area contributed by atoms with Gasteiger partial charge in [0, 0.05) is 0 Å². The van der Waals surface area contributed by atoms with Gasteiger partial charge in [-0.2, -0.15) is 0 Å². The summed E-state index contributed by atoms with van der Waals surface area (Å²) in [5.74, 6) is 2.37. The van der Waals surface area contributed by atoms with Crippen molar-refractivity contribution in [1.82, 2.24) is 0 Å². The third-order valence-corrected chi connectivity index (χ3v) is 8.40. The van der Waals surface area contributed by atoms with Crippen molar-refractivity contribution in [2.45, 2.75) is 78.7 Å². The molecule has 24 heavy (non-hydrogen) atoms. The molecule has 1 N–H and O–H groups in total. The molecule has 2 heteroatoms. The summed E-state index contributed by atoms with van der Waals surface area (Å²) in [5.41, 5.74) is 4.62. The van der Waals surface area contributed by atoms with Gasteiger partial charge in [-0.1, -0.05) is 31.1 Å². The first-order valence-electron chi connectivity index (χ1n) is 9.86. The molecule has 4 rings (SSSR count). The molecule has 0 aromatic rings. The first kappa shape index (κ1) is 16.6. The maximum absolute atomic E-state index is 12.2. The number of allylic oxidation sites excluding steroid dienone is 3. The molecule has 1 unspecified atom stereocenters. The smallest absolute Gasteiger partial charge is 0.156 e. The van der Waals surface area contributed by atoms with Crippen LogP contribution in [0.5, 0.6) is 0 Å². The first-order valence-corrected chi connectivity index (χ1v) is 9.86. The minimum absolute atomic E-state index is 0.106. The highest BCUT2D eigenvalue weighted by Gasteiger charge is 2.57. The van der Waals surface area contributed by atoms with Crippen molar-refractivity contribution in [2.24, 2.45) is 28.6 Å². The quantitative estimate of drug-likeness (QED) is 0.700. The average Bonchev–Trinajstić information content (AvgIpc) is 2.87. The Kier molecular flexibility index (Phi) is 3.66. The van der Waals surface area contributed by atoms with Crippen LogP contribution in [-0.4, -0.2) is 17.0 Å². The lowest BCUT2D eigenvalue weighted by molar-refractivity contribution is -0.115. The lowest BCUT2D eigenvalue weighted by atomic mass is 9.46. The second-order valence-electron chi connectivity index (χ2n) is 9.52. The summed E-state index contributed by atoms with van der Waals surface area (Å²) in [6.07, 6.45) is 9.79. The minimum Gasteiger partial charge on any atom is -0.393 e. The average molecular weight is 328 g/mol. The van der Waals surface area contributed by atoms with Crippen molar-refractivity contribution >= 4 is 5.78 Å². The maximum Gasteiger partial charge on any atom is 0.156 e. The van der Waals surface area contributed by atoms with Gasteiger partial charge < -0.3 is 5.11 Å². The van der Waals surface area contributed by atoms with Crippen LogP contribution in [0.4, 0.5) is 0 Å². The van der Waals surface area contributed by atoms with E-state index < -0.39 is 0 Å². The number of Topliss-reactive ketones (excluding diaryl/α,β-unsaturated/α-hetero) is 1. The molecule has 0 aromatic carbocycles. The predicted octanol–water partition coefficient (Wildman–Crippen LogP) is 4.83. The predicted molar refractivity (Wildman–Crippen MR) is 96.5 cm³/mol. The van der Waals surface area contributed by atoms with E-state index in [4.69, 9.17) is 0 Å². The number of aliphatic hydroxyl groups is 1. The standard InChI is InChI=1S/C22H32O2/c1-13-11-16-18-6-5-17(14(2)23)21(18,3)10-8-19(16)22(4)9-7-15(24)12-20(13)22/h5,15-16,18-19,24H,6-12H2,1-4H3/t15?,16-,18-,19-,21+,22+/m0/s1. The Morgan fingerprint density at radius 2 is 1.83 bits per heavy atom. The molecule has 4 aliphatic carbocycles. The molecule has 0 radical (unpaired) electrons. The number of fused-ring (bicyclic) bond motifs is 5. The molecule has 0 amide bonds. The van der Waals surface area contributed by atoms with Gasteiger partial charge in [-0.15, -0.1) is 0 Å². The van der Waals surface area contributed by atoms with Gasteiger partial charge in [-0.3, -0.25) is 4.79 Å². The summed E-state index contributed by atoms with van der Waals surface area (Å²) in [4.78, 5) is 12.2. The molecule has 6 atom stereocenters. The Bertz CT molecular complexity index is 642. The molecule has 0 bridgehead atoms. The summed E-state index contributed by atoms with van der Waals surface area (Å²) in [5, 5.41) is 10.2. The van der Waals surface area contributed by atoms with Crippen LogP contribution in [0.15, 0.2) is 22.8 Å². The van der Waals surface area contributed by atoms with Gasteiger partial charge in [-0.05, 0) is 93.0 Å². The molecule has 2 saturated carbocycles. The second-order valence-corrected chi connectivity index (χ2v) is 9.52. The van der Waals surface area contributed by atoms with Crippen molar-refractivity contribution in [2.75, 3.05) is 0 Å². The van der Waals surface area contributed by atoms with Gasteiger partial charge in [0.2, 0.25) is 0 Å². The Hall–Kier alpha value is -0.890. The van der Waals surface area contributed by atoms with E-state index in [0.717, 1.165) is 43.6 Å². The van der Waals surface area contributed by atoms with Crippen LogP contribution < -0.4 is 0 Å². The number of carbonyl (C=O) groups excluding carboxylic acids is 1. The Morgan fingerprint density at radius 3 is 2.54 bits per heavy atom. The lowest BCUT2D eigenvalue weighted by Gasteiger charge is -2.58. The number of rotatable bonds is 1. The van der Waals surface area contributed by atoms with Gasteiger partial charge >= 0.3 is 0 Å². The monoisotopic (exact) mass is 328 g/mol. The van der Waals surface area contributed by atoms with E-state index in [1.165, 1.54) is 18.4 Å². The molecule has 4 aliphatic rings. The number of ketones is 1. The van der Waals surface area contributed by atoms with Gasteiger partial charge in [0.15, 0.2) is 5.78 Å². The van der Waals surface area contributed by atoms with E-state index >= 15 is 0 Å². The fourth-order valence-electron chi connectivity index (χ4n) is 7.21. The number of carbonyl (C=O) groups is 1. The van der Waals surface area contributed by atoms with E-state index in [1.54, 1.807) is 12.5 Å². The molecule has 0 heterocycles. The molecule has 0 aliphatic heterocycles. The zero-order valence-corrected chi connectivity index (χ0v) is 15.7. The van der Waals surface area contributed by atoms with Crippen molar-refractivity contribution in [3.8, 4) is 0 Å². The molecule has 2 nitrogen and oxygen atoms in total. The van der Waals surface area contributed by atoms with Crippen molar-refractivity contribution in [1.29, 1.82) is 0 Å². The fourth-order valence-corrected chi connectivity index (χ4v) is 7.21. The zero-order valence-electron chi connectivity index (χ0n) is 15.7. The SMILES string of the molecule is CC(=O)C1=CC[C@H]2[C@@H]3CC(C)=C4CC(O)CC[C@]4(C)[C@H]3CC[C@]12C. The van der Waals surface area contributed by atoms with Gasteiger partial charge in [0.1, 0.15) is 0 Å². The van der Waals surface area contributed by atoms with Crippen molar-refractivity contribution in [3.63, 3.8) is 0 Å². The molecular formula is C22H32O2. The van der Waals surface area contributed by atoms with E-state index in [1.807, 2.05) is 0 Å². The highest BCUT2D eigenvalue weighted by molar-refractivity contribution is 5.95. The Labute approximate surface area is 146 Å². The first-order chi connectivity index (χ1) is 11.3. The highest BCUT2D eigenvalue weighted by Crippen LogP contribution is 2.66. The Balaban J connectivity index is 1.71. The van der Waals surface area contributed by atoms with Crippen LogP contribution >= 0.6 is 0 Å². The Morgan fingerprint density at radius 1 is 1.12 bits per heavy atom. The molecule has 132 valence electrons. The molecule has 2 fully saturated rings. The second kappa shape index (κ2) is 5.30. The van der Waals surface area contributed by atoms with E-state index in [2.05, 4.69) is 26.8 Å². The van der Waals surface area contributed by atoms with E-state index in [-0.39, 0.29) is 22.7 Å². The summed E-state index contributed by atoms with van der Waals surface area (Å²) in [6.45, 7) is 8.89. The molecule has 0 aromatic heterocycles. The summed E-state index contributed by atoms with van der Waals surface area (Å²) < 4.78 is 0. The highest BCUT2D eigenvalue weighted by atomic mass is 16.3. The normalized spacial score (nSPS) is 47.6. The van der Waals surface area contributed by atoms with Crippen molar-refractivity contribution in [3.05, 3.63) is 22.8 Å². The van der Waals surface area contributed by atoms with E-state index in [9.17, 15) is 9.90 Å². The van der Waals surface area contributed by atoms with Gasteiger partial charge in [0.25, 0.3) is 0 Å². The largest absolute Gasteiger partial charge is 0.393 e. The third kappa shape index (κ3) is 2.08. The molecule has 0 saturated heterocycles. The number of hydrogen-bond donors (Lipinski definition) is 1. The van der Waals surface area contributed by atoms with E-state index in [0.29, 0.717) is 11.8 Å². The summed E-state index contributed by atoms with van der Waals surface area (Å²) >= 11 is 0. The number of hydrogen-bond acceptors (Lipinski definition) is 2. The van der Waals surface area contributed by atoms with Crippen molar-refractivity contribution < 1.29 is 9.90 Å². The van der Waals surface area contributed by atoms with Crippen LogP contribution in [0.1, 0.15) is 72.6 Å².